The average molecular weight is 406 g/mol. The number of rotatable bonds is 4. The SMILES string of the molecule is COc1cc(C=C2N=C(c3cccc(F)c3)OC2=O)cc(Br)c1OC. The fraction of sp³-hybridized carbons (Fsp3) is 0.111. The summed E-state index contributed by atoms with van der Waals surface area (Å²) in [5.41, 5.74) is 1.17. The van der Waals surface area contributed by atoms with E-state index >= 15 is 0 Å². The van der Waals surface area contributed by atoms with Gasteiger partial charge < -0.3 is 14.2 Å². The van der Waals surface area contributed by atoms with Gasteiger partial charge in [-0.15, -0.1) is 0 Å². The van der Waals surface area contributed by atoms with Crippen LogP contribution in [0.1, 0.15) is 11.1 Å². The fourth-order valence-corrected chi connectivity index (χ4v) is 2.95. The van der Waals surface area contributed by atoms with Crippen LogP contribution in [-0.4, -0.2) is 26.1 Å². The lowest BCUT2D eigenvalue weighted by atomic mass is 10.1. The third kappa shape index (κ3) is 3.56. The first-order valence-electron chi connectivity index (χ1n) is 7.22. The second-order valence-electron chi connectivity index (χ2n) is 5.08. The molecule has 0 N–H and O–H groups in total. The second-order valence-corrected chi connectivity index (χ2v) is 5.94. The number of nitrogens with zero attached hydrogens (tertiary/aromatic N) is 1. The average Bonchev–Trinajstić information content (AvgIpc) is 2.95. The van der Waals surface area contributed by atoms with Crippen LogP contribution in [0.3, 0.4) is 0 Å². The maximum absolute atomic E-state index is 13.3. The summed E-state index contributed by atoms with van der Waals surface area (Å²) in [7, 11) is 3.05. The predicted octanol–water partition coefficient (Wildman–Crippen LogP) is 3.95. The first-order valence-corrected chi connectivity index (χ1v) is 8.01. The molecule has 128 valence electrons. The molecule has 2 aromatic rings. The molecule has 7 heteroatoms. The molecule has 0 aromatic heterocycles. The zero-order valence-electron chi connectivity index (χ0n) is 13.4. The summed E-state index contributed by atoms with van der Waals surface area (Å²) in [6, 6.07) is 9.16. The number of hydrogen-bond donors (Lipinski definition) is 0. The van der Waals surface area contributed by atoms with Crippen LogP contribution in [-0.2, 0) is 9.53 Å². The predicted molar refractivity (Wildman–Crippen MR) is 94.3 cm³/mol. The van der Waals surface area contributed by atoms with Gasteiger partial charge in [0, 0.05) is 5.56 Å². The minimum Gasteiger partial charge on any atom is -0.493 e. The van der Waals surface area contributed by atoms with Crippen LogP contribution in [0.25, 0.3) is 6.08 Å². The minimum absolute atomic E-state index is 0.0651. The summed E-state index contributed by atoms with van der Waals surface area (Å²) < 4.78 is 29.6. The Balaban J connectivity index is 1.98. The van der Waals surface area contributed by atoms with Crippen LogP contribution in [0.2, 0.25) is 0 Å². The molecule has 3 rings (SSSR count). The summed E-state index contributed by atoms with van der Waals surface area (Å²) >= 11 is 3.39. The highest BCUT2D eigenvalue weighted by atomic mass is 79.9. The molecular formula is C18H13BrFNO4. The monoisotopic (exact) mass is 405 g/mol. The number of halogens is 2. The summed E-state index contributed by atoms with van der Waals surface area (Å²) in [4.78, 5) is 16.2. The largest absolute Gasteiger partial charge is 0.493 e. The third-order valence-electron chi connectivity index (χ3n) is 3.45. The Morgan fingerprint density at radius 3 is 2.68 bits per heavy atom. The van der Waals surface area contributed by atoms with E-state index in [0.717, 1.165) is 0 Å². The molecule has 0 saturated carbocycles. The lowest BCUT2D eigenvalue weighted by Gasteiger charge is -2.10. The molecule has 0 aliphatic carbocycles. The van der Waals surface area contributed by atoms with Gasteiger partial charge in [0.2, 0.25) is 5.90 Å². The molecule has 1 heterocycles. The summed E-state index contributed by atoms with van der Waals surface area (Å²) in [5.74, 6) is 0.0741. The third-order valence-corrected chi connectivity index (χ3v) is 4.04. The highest BCUT2D eigenvalue weighted by Gasteiger charge is 2.24. The standard InChI is InChI=1S/C18H13BrFNO4/c1-23-15-8-10(6-13(19)16(15)24-2)7-14-18(22)25-17(21-14)11-4-3-5-12(20)9-11/h3-9H,1-2H3. The molecule has 0 amide bonds. The van der Waals surface area contributed by atoms with Crippen molar-refractivity contribution >= 4 is 33.9 Å². The van der Waals surface area contributed by atoms with Crippen molar-refractivity contribution in [2.24, 2.45) is 4.99 Å². The Kier molecular flexibility index (Phi) is 4.85. The van der Waals surface area contributed by atoms with Gasteiger partial charge in [0.05, 0.1) is 18.7 Å². The van der Waals surface area contributed by atoms with E-state index in [9.17, 15) is 9.18 Å². The van der Waals surface area contributed by atoms with Crippen LogP contribution in [0.4, 0.5) is 4.39 Å². The normalized spacial score (nSPS) is 15.1. The van der Waals surface area contributed by atoms with E-state index in [1.807, 2.05) is 0 Å². The zero-order chi connectivity index (χ0) is 18.0. The lowest BCUT2D eigenvalue weighted by Crippen LogP contribution is -2.05. The van der Waals surface area contributed by atoms with E-state index in [-0.39, 0.29) is 11.6 Å². The van der Waals surface area contributed by atoms with E-state index in [2.05, 4.69) is 20.9 Å². The molecule has 1 aliphatic heterocycles. The van der Waals surface area contributed by atoms with E-state index in [1.165, 1.54) is 32.4 Å². The molecule has 0 radical (unpaired) electrons. The van der Waals surface area contributed by atoms with Crippen molar-refractivity contribution in [3.05, 3.63) is 63.5 Å². The molecule has 2 aromatic carbocycles. The van der Waals surface area contributed by atoms with Gasteiger partial charge in [0.1, 0.15) is 5.82 Å². The fourth-order valence-electron chi connectivity index (χ4n) is 2.33. The van der Waals surface area contributed by atoms with Crippen LogP contribution >= 0.6 is 15.9 Å². The molecule has 0 atom stereocenters. The van der Waals surface area contributed by atoms with Crippen molar-refractivity contribution in [3.8, 4) is 11.5 Å². The minimum atomic E-state index is -0.606. The number of esters is 1. The van der Waals surface area contributed by atoms with Gasteiger partial charge in [-0.2, -0.15) is 0 Å². The van der Waals surface area contributed by atoms with E-state index in [4.69, 9.17) is 14.2 Å². The van der Waals surface area contributed by atoms with Gasteiger partial charge in [-0.1, -0.05) is 6.07 Å². The number of ether oxygens (including phenoxy) is 3. The van der Waals surface area contributed by atoms with Gasteiger partial charge in [0.15, 0.2) is 17.2 Å². The molecule has 0 spiro atoms. The van der Waals surface area contributed by atoms with Gasteiger partial charge in [-0.25, -0.2) is 14.2 Å². The van der Waals surface area contributed by atoms with Crippen molar-refractivity contribution in [3.63, 3.8) is 0 Å². The van der Waals surface area contributed by atoms with E-state index < -0.39 is 11.8 Å². The molecule has 1 aliphatic rings. The summed E-state index contributed by atoms with van der Waals surface area (Å²) in [6.45, 7) is 0. The Labute approximate surface area is 151 Å². The van der Waals surface area contributed by atoms with Crippen LogP contribution in [0.5, 0.6) is 11.5 Å². The molecule has 0 saturated heterocycles. The number of carbonyl (C=O) groups excluding carboxylic acids is 1. The lowest BCUT2D eigenvalue weighted by molar-refractivity contribution is -0.129. The molecule has 0 unspecified atom stereocenters. The van der Waals surface area contributed by atoms with Gasteiger partial charge in [-0.05, 0) is 57.9 Å². The number of methoxy groups -OCH3 is 2. The smallest absolute Gasteiger partial charge is 0.363 e. The Morgan fingerprint density at radius 2 is 2.00 bits per heavy atom. The number of aliphatic imine (C=N–C) groups is 1. The van der Waals surface area contributed by atoms with Gasteiger partial charge in [-0.3, -0.25) is 0 Å². The molecule has 0 fully saturated rings. The Hall–Kier alpha value is -2.67. The van der Waals surface area contributed by atoms with Crippen molar-refractivity contribution in [2.75, 3.05) is 14.2 Å². The molecular weight excluding hydrogens is 393 g/mol. The number of carbonyl (C=O) groups is 1. The van der Waals surface area contributed by atoms with Crippen molar-refractivity contribution in [1.29, 1.82) is 0 Å². The second kappa shape index (κ2) is 7.06. The molecule has 25 heavy (non-hydrogen) atoms. The Morgan fingerprint density at radius 1 is 1.20 bits per heavy atom. The zero-order valence-corrected chi connectivity index (χ0v) is 15.0. The van der Waals surface area contributed by atoms with E-state index in [0.29, 0.717) is 27.1 Å². The quantitative estimate of drug-likeness (QED) is 0.570. The summed E-state index contributed by atoms with van der Waals surface area (Å²) in [5, 5.41) is 0. The highest BCUT2D eigenvalue weighted by molar-refractivity contribution is 9.10. The van der Waals surface area contributed by atoms with Crippen molar-refractivity contribution < 1.29 is 23.4 Å². The number of benzene rings is 2. The van der Waals surface area contributed by atoms with Crippen LogP contribution in [0.15, 0.2) is 51.6 Å². The highest BCUT2D eigenvalue weighted by Crippen LogP contribution is 2.37. The first-order chi connectivity index (χ1) is 12.0. The van der Waals surface area contributed by atoms with Crippen LogP contribution < -0.4 is 9.47 Å². The topological polar surface area (TPSA) is 57.1 Å². The van der Waals surface area contributed by atoms with Crippen molar-refractivity contribution in [1.82, 2.24) is 0 Å². The first kappa shape index (κ1) is 17.2. The van der Waals surface area contributed by atoms with Crippen LogP contribution in [0, 0.1) is 5.82 Å². The molecule has 0 bridgehead atoms. The van der Waals surface area contributed by atoms with Gasteiger partial charge >= 0.3 is 5.97 Å². The Bertz CT molecular complexity index is 908. The van der Waals surface area contributed by atoms with Crippen molar-refractivity contribution in [2.45, 2.75) is 0 Å². The number of cyclic esters (lactones) is 1. The number of hydrogen-bond acceptors (Lipinski definition) is 5. The molecule has 5 nitrogen and oxygen atoms in total. The summed E-state index contributed by atoms with van der Waals surface area (Å²) in [6.07, 6.45) is 1.56. The maximum Gasteiger partial charge on any atom is 0.363 e. The van der Waals surface area contributed by atoms with Gasteiger partial charge in [0.25, 0.3) is 0 Å². The maximum atomic E-state index is 13.3. The van der Waals surface area contributed by atoms with E-state index in [1.54, 1.807) is 24.3 Å².